The van der Waals surface area contributed by atoms with Gasteiger partial charge in [0.1, 0.15) is 11.4 Å². The summed E-state index contributed by atoms with van der Waals surface area (Å²) in [6, 6.07) is 0. The highest BCUT2D eigenvalue weighted by molar-refractivity contribution is 7.53. The van der Waals surface area contributed by atoms with Crippen molar-refractivity contribution in [2.75, 3.05) is 0 Å². The van der Waals surface area contributed by atoms with Crippen molar-refractivity contribution in [3.05, 3.63) is 0 Å². The summed E-state index contributed by atoms with van der Waals surface area (Å²) in [5.41, 5.74) is -1.16. The maximum atomic E-state index is 10.3. The van der Waals surface area contributed by atoms with E-state index >= 15 is 0 Å². The molecule has 0 saturated heterocycles. The van der Waals surface area contributed by atoms with Crippen LogP contribution in [0.4, 0.5) is 0 Å². The van der Waals surface area contributed by atoms with Crippen molar-refractivity contribution in [2.24, 2.45) is 0 Å². The first-order valence-corrected chi connectivity index (χ1v) is 4.09. The van der Waals surface area contributed by atoms with Gasteiger partial charge in [-0.3, -0.25) is 9.36 Å². The monoisotopic (exact) mass is 152 g/mol. The highest BCUT2D eigenvalue weighted by atomic mass is 31.2. The molecule has 0 aromatic carbocycles. The number of hydrogen-bond donors (Lipinski definition) is 2. The molecule has 0 heterocycles. The number of rotatable bonds is 2. The Morgan fingerprint density at radius 1 is 1.56 bits per heavy atom. The molecule has 0 spiro atoms. The Bertz CT molecular complexity index is 158. The Morgan fingerprint density at radius 3 is 1.89 bits per heavy atom. The van der Waals surface area contributed by atoms with Crippen LogP contribution in [0.15, 0.2) is 0 Å². The van der Waals surface area contributed by atoms with Crippen molar-refractivity contribution < 1.29 is 19.1 Å². The smallest absolute Gasteiger partial charge is 0.324 e. The average molecular weight is 152 g/mol. The summed E-state index contributed by atoms with van der Waals surface area (Å²) in [7, 11) is -4.16. The van der Waals surface area contributed by atoms with Crippen molar-refractivity contribution in [1.82, 2.24) is 0 Å². The topological polar surface area (TPSA) is 74.6 Å². The fraction of sp³-hybridized carbons (Fsp3) is 0.750. The molecule has 0 amide bonds. The second-order valence-corrected chi connectivity index (χ2v) is 3.83. The van der Waals surface area contributed by atoms with Gasteiger partial charge in [0.2, 0.25) is 0 Å². The Morgan fingerprint density at radius 2 is 1.89 bits per heavy atom. The number of hydrogen-bond acceptors (Lipinski definition) is 2. The molecule has 0 fully saturated rings. The summed E-state index contributed by atoms with van der Waals surface area (Å²) in [5, 5.41) is 0. The summed E-state index contributed by atoms with van der Waals surface area (Å²) >= 11 is 0. The lowest BCUT2D eigenvalue weighted by Crippen LogP contribution is -2.12. The second kappa shape index (κ2) is 2.60. The standard InChI is InChI=1S/C4H9O4P/c1-3(5)4(2)9(6,7)8/h4H,1-2H3,(H2,6,7,8). The third kappa shape index (κ3) is 2.75. The molecule has 0 saturated carbocycles. The molecule has 0 aromatic heterocycles. The molecule has 0 aliphatic heterocycles. The van der Waals surface area contributed by atoms with Crippen LogP contribution in [0.25, 0.3) is 0 Å². The van der Waals surface area contributed by atoms with Crippen molar-refractivity contribution in [1.29, 1.82) is 0 Å². The number of ketones is 1. The highest BCUT2D eigenvalue weighted by Gasteiger charge is 2.27. The third-order valence-corrected chi connectivity index (χ3v) is 2.47. The van der Waals surface area contributed by atoms with Gasteiger partial charge < -0.3 is 9.79 Å². The molecule has 54 valence electrons. The van der Waals surface area contributed by atoms with Gasteiger partial charge >= 0.3 is 7.60 Å². The largest absolute Gasteiger partial charge is 0.335 e. The maximum Gasteiger partial charge on any atom is 0.335 e. The van der Waals surface area contributed by atoms with E-state index in [0.29, 0.717) is 0 Å². The summed E-state index contributed by atoms with van der Waals surface area (Å²) in [4.78, 5) is 27.0. The van der Waals surface area contributed by atoms with E-state index in [0.717, 1.165) is 6.92 Å². The average Bonchev–Trinajstić information content (AvgIpc) is 1.62. The molecule has 4 nitrogen and oxygen atoms in total. The summed E-state index contributed by atoms with van der Waals surface area (Å²) in [6.07, 6.45) is 0. The van der Waals surface area contributed by atoms with Crippen LogP contribution in [0.5, 0.6) is 0 Å². The fourth-order valence-electron chi connectivity index (χ4n) is 0.237. The van der Waals surface area contributed by atoms with Crippen LogP contribution in [-0.2, 0) is 9.36 Å². The second-order valence-electron chi connectivity index (χ2n) is 1.88. The van der Waals surface area contributed by atoms with Crippen LogP contribution >= 0.6 is 7.60 Å². The van der Waals surface area contributed by atoms with Gasteiger partial charge in [0.15, 0.2) is 0 Å². The minimum absolute atomic E-state index is 0.483. The van der Waals surface area contributed by atoms with Gasteiger partial charge in [-0.25, -0.2) is 0 Å². The predicted octanol–water partition coefficient (Wildman–Crippen LogP) is 0.142. The lowest BCUT2D eigenvalue weighted by Gasteiger charge is -2.07. The summed E-state index contributed by atoms with van der Waals surface area (Å²) in [6.45, 7) is 2.37. The zero-order chi connectivity index (χ0) is 7.65. The minimum atomic E-state index is -4.16. The van der Waals surface area contributed by atoms with Gasteiger partial charge in [0.25, 0.3) is 0 Å². The van der Waals surface area contributed by atoms with E-state index in [1.807, 2.05) is 0 Å². The van der Waals surface area contributed by atoms with Crippen LogP contribution in [0.2, 0.25) is 0 Å². The number of carbonyl (C=O) groups excluding carboxylic acids is 1. The van der Waals surface area contributed by atoms with Crippen molar-refractivity contribution >= 4 is 13.4 Å². The summed E-state index contributed by atoms with van der Waals surface area (Å²) < 4.78 is 10.2. The zero-order valence-corrected chi connectivity index (χ0v) is 6.13. The SMILES string of the molecule is CC(=O)C(C)P(=O)(O)O. The van der Waals surface area contributed by atoms with Crippen LogP contribution in [0, 0.1) is 0 Å². The molecule has 0 aliphatic carbocycles. The van der Waals surface area contributed by atoms with Gasteiger partial charge in [0.05, 0.1) is 0 Å². The van der Waals surface area contributed by atoms with Crippen LogP contribution < -0.4 is 0 Å². The van der Waals surface area contributed by atoms with Crippen molar-refractivity contribution in [3.8, 4) is 0 Å². The number of carbonyl (C=O) groups is 1. The molecule has 1 unspecified atom stereocenters. The highest BCUT2D eigenvalue weighted by Crippen LogP contribution is 2.40. The van der Waals surface area contributed by atoms with E-state index in [1.165, 1.54) is 6.92 Å². The Kier molecular flexibility index (Phi) is 2.55. The van der Waals surface area contributed by atoms with Gasteiger partial charge in [-0.05, 0) is 13.8 Å². The quantitative estimate of drug-likeness (QED) is 0.552. The Labute approximate surface area is 53.0 Å². The maximum absolute atomic E-state index is 10.3. The van der Waals surface area contributed by atoms with E-state index in [1.54, 1.807) is 0 Å². The van der Waals surface area contributed by atoms with Crippen LogP contribution in [-0.4, -0.2) is 21.2 Å². The Balaban J connectivity index is 4.23. The fourth-order valence-corrected chi connectivity index (χ4v) is 0.710. The van der Waals surface area contributed by atoms with E-state index in [-0.39, 0.29) is 0 Å². The molecule has 0 rings (SSSR count). The molecule has 0 bridgehead atoms. The zero-order valence-electron chi connectivity index (χ0n) is 5.24. The van der Waals surface area contributed by atoms with Crippen LogP contribution in [0.3, 0.4) is 0 Å². The molecule has 0 aromatic rings. The Hall–Kier alpha value is -0.180. The lowest BCUT2D eigenvalue weighted by molar-refractivity contribution is -0.116. The molecule has 2 N–H and O–H groups in total. The molecular weight excluding hydrogens is 143 g/mol. The molecule has 0 radical (unpaired) electrons. The first-order chi connectivity index (χ1) is 3.85. The first kappa shape index (κ1) is 8.82. The van der Waals surface area contributed by atoms with Gasteiger partial charge in [-0.2, -0.15) is 0 Å². The molecule has 5 heteroatoms. The first-order valence-electron chi connectivity index (χ1n) is 2.41. The van der Waals surface area contributed by atoms with Crippen molar-refractivity contribution in [3.63, 3.8) is 0 Å². The summed E-state index contributed by atoms with van der Waals surface area (Å²) in [5.74, 6) is -0.483. The van der Waals surface area contributed by atoms with E-state index in [2.05, 4.69) is 0 Å². The minimum Gasteiger partial charge on any atom is -0.324 e. The molecule has 9 heavy (non-hydrogen) atoms. The molecule has 1 atom stereocenters. The van der Waals surface area contributed by atoms with Crippen molar-refractivity contribution in [2.45, 2.75) is 19.5 Å². The third-order valence-electron chi connectivity index (χ3n) is 1.09. The van der Waals surface area contributed by atoms with E-state index in [9.17, 15) is 9.36 Å². The van der Waals surface area contributed by atoms with Gasteiger partial charge in [-0.1, -0.05) is 0 Å². The van der Waals surface area contributed by atoms with E-state index in [4.69, 9.17) is 9.79 Å². The number of Topliss-reactive ketones (excluding diaryl/α,β-unsaturated/α-hetero) is 1. The van der Waals surface area contributed by atoms with Gasteiger partial charge in [-0.15, -0.1) is 0 Å². The molecular formula is C4H9O4P. The normalized spacial score (nSPS) is 15.1. The predicted molar refractivity (Wildman–Crippen MR) is 32.2 cm³/mol. The lowest BCUT2D eigenvalue weighted by atomic mass is 10.3. The van der Waals surface area contributed by atoms with Gasteiger partial charge in [0, 0.05) is 0 Å². The van der Waals surface area contributed by atoms with E-state index < -0.39 is 19.0 Å². The molecule has 0 aliphatic rings. The van der Waals surface area contributed by atoms with Crippen LogP contribution in [0.1, 0.15) is 13.8 Å².